The summed E-state index contributed by atoms with van der Waals surface area (Å²) in [7, 11) is 0. The molecule has 1 aliphatic heterocycles. The molecule has 0 aromatic carbocycles. The number of fused-ring (bicyclic) bond motifs is 1. The molecule has 4 heterocycles. The maximum atomic E-state index is 14.0. The molecule has 2 amide bonds. The number of nitrogens with one attached hydrogen (secondary N) is 2. The molecule has 40 heavy (non-hydrogen) atoms. The molecule has 10 nitrogen and oxygen atoms in total. The summed E-state index contributed by atoms with van der Waals surface area (Å²) >= 11 is 0. The second-order valence-electron chi connectivity index (χ2n) is 11.7. The minimum Gasteiger partial charge on any atom is -0.356 e. The molecule has 0 spiro atoms. The first-order valence-corrected chi connectivity index (χ1v) is 14.3. The number of hydrogen-bond donors (Lipinski definition) is 2. The van der Waals surface area contributed by atoms with E-state index in [1.54, 1.807) is 27.7 Å². The first-order valence-electron chi connectivity index (χ1n) is 14.3. The number of alkyl halides is 2. The highest BCUT2D eigenvalue weighted by Crippen LogP contribution is 2.41. The average molecular weight is 557 g/mol. The van der Waals surface area contributed by atoms with Crippen molar-refractivity contribution in [3.05, 3.63) is 41.2 Å². The molecule has 2 fully saturated rings. The number of halogens is 2. The number of piperidine rings is 1. The van der Waals surface area contributed by atoms with Crippen molar-refractivity contribution in [2.75, 3.05) is 6.54 Å². The molecule has 3 aromatic heterocycles. The van der Waals surface area contributed by atoms with Crippen LogP contribution in [0.15, 0.2) is 18.5 Å². The Morgan fingerprint density at radius 3 is 2.70 bits per heavy atom. The number of aryl methyl sites for hydroxylation is 1. The van der Waals surface area contributed by atoms with Crippen molar-refractivity contribution in [1.82, 2.24) is 40.0 Å². The molecule has 2 N–H and O–H groups in total. The number of rotatable bonds is 8. The summed E-state index contributed by atoms with van der Waals surface area (Å²) in [6.45, 7) is 9.28. The standard InChI is InChI=1S/C28H38F2N8O2/c1-5-37-22(8-11-32-37)26(40)34-24(18-6-9-28(29,30)10-7-18)21-15-38-27(33-21)35-23(16(2)3)20(36-38)13-19-12-17(4)14-31-25(19)39/h8,11,15-19,24H,5-7,9-10,12-14H2,1-4H3,(H,31,39)(H,34,40)/t17-,19-,24+/m1/s1. The van der Waals surface area contributed by atoms with E-state index in [0.717, 1.165) is 17.8 Å². The molecular weight excluding hydrogens is 518 g/mol. The molecule has 3 aromatic rings. The zero-order chi connectivity index (χ0) is 28.6. The van der Waals surface area contributed by atoms with Gasteiger partial charge in [-0.3, -0.25) is 14.3 Å². The Kier molecular flexibility index (Phi) is 7.87. The highest BCUT2D eigenvalue weighted by atomic mass is 19.3. The average Bonchev–Trinajstić information content (AvgIpc) is 3.55. The summed E-state index contributed by atoms with van der Waals surface area (Å²) < 4.78 is 31.3. The number of carbonyl (C=O) groups is 2. The number of amides is 2. The van der Waals surface area contributed by atoms with Crippen molar-refractivity contribution in [3.63, 3.8) is 0 Å². The van der Waals surface area contributed by atoms with Crippen molar-refractivity contribution < 1.29 is 18.4 Å². The monoisotopic (exact) mass is 556 g/mol. The van der Waals surface area contributed by atoms with Crippen molar-refractivity contribution in [2.45, 2.75) is 90.6 Å². The van der Waals surface area contributed by atoms with Gasteiger partial charge in [0, 0.05) is 44.5 Å². The van der Waals surface area contributed by atoms with Gasteiger partial charge in [0.2, 0.25) is 11.8 Å². The van der Waals surface area contributed by atoms with E-state index in [9.17, 15) is 18.4 Å². The van der Waals surface area contributed by atoms with Crippen molar-refractivity contribution in [1.29, 1.82) is 0 Å². The molecule has 1 saturated heterocycles. The van der Waals surface area contributed by atoms with Gasteiger partial charge in [0.1, 0.15) is 5.69 Å². The van der Waals surface area contributed by atoms with Gasteiger partial charge in [0.05, 0.1) is 29.3 Å². The lowest BCUT2D eigenvalue weighted by atomic mass is 9.81. The lowest BCUT2D eigenvalue weighted by Gasteiger charge is -2.33. The third-order valence-corrected chi connectivity index (χ3v) is 8.19. The second kappa shape index (κ2) is 11.2. The summed E-state index contributed by atoms with van der Waals surface area (Å²) in [5.41, 5.74) is 2.45. The fourth-order valence-corrected chi connectivity index (χ4v) is 5.97. The van der Waals surface area contributed by atoms with Gasteiger partial charge in [-0.25, -0.2) is 23.3 Å². The molecular formula is C28H38F2N8O2. The maximum absolute atomic E-state index is 14.0. The molecule has 0 radical (unpaired) electrons. The summed E-state index contributed by atoms with van der Waals surface area (Å²) in [5, 5.41) is 15.1. The lowest BCUT2D eigenvalue weighted by molar-refractivity contribution is -0.127. The van der Waals surface area contributed by atoms with Crippen LogP contribution >= 0.6 is 0 Å². The maximum Gasteiger partial charge on any atom is 0.270 e. The van der Waals surface area contributed by atoms with Crippen LogP contribution in [0.3, 0.4) is 0 Å². The quantitative estimate of drug-likeness (QED) is 0.432. The van der Waals surface area contributed by atoms with E-state index in [1.807, 2.05) is 20.8 Å². The predicted octanol–water partition coefficient (Wildman–Crippen LogP) is 4.08. The Balaban J connectivity index is 1.49. The second-order valence-corrected chi connectivity index (χ2v) is 11.7. The molecule has 0 bridgehead atoms. The van der Waals surface area contributed by atoms with Gasteiger partial charge in [0.15, 0.2) is 0 Å². The van der Waals surface area contributed by atoms with E-state index in [1.165, 1.54) is 0 Å². The van der Waals surface area contributed by atoms with Crippen LogP contribution in [0.5, 0.6) is 0 Å². The highest BCUT2D eigenvalue weighted by Gasteiger charge is 2.40. The largest absolute Gasteiger partial charge is 0.356 e. The number of carbonyl (C=O) groups excluding carboxylic acids is 2. The number of hydrogen-bond acceptors (Lipinski definition) is 6. The number of aromatic nitrogens is 6. The molecule has 2 aliphatic rings. The van der Waals surface area contributed by atoms with E-state index in [-0.39, 0.29) is 55.3 Å². The van der Waals surface area contributed by atoms with Gasteiger partial charge in [-0.05, 0) is 50.0 Å². The van der Waals surface area contributed by atoms with E-state index < -0.39 is 12.0 Å². The topological polar surface area (TPSA) is 119 Å². The summed E-state index contributed by atoms with van der Waals surface area (Å²) in [6, 6.07) is 1.05. The van der Waals surface area contributed by atoms with Crippen LogP contribution in [0.1, 0.15) is 99.3 Å². The lowest BCUT2D eigenvalue weighted by Crippen LogP contribution is -2.41. The first kappa shape index (κ1) is 28.1. The van der Waals surface area contributed by atoms with Gasteiger partial charge < -0.3 is 10.6 Å². The van der Waals surface area contributed by atoms with Crippen molar-refractivity contribution >= 4 is 17.6 Å². The van der Waals surface area contributed by atoms with E-state index in [4.69, 9.17) is 15.1 Å². The molecule has 5 rings (SSSR count). The van der Waals surface area contributed by atoms with Crippen LogP contribution in [-0.2, 0) is 17.8 Å². The molecule has 3 atom stereocenters. The Hall–Kier alpha value is -3.44. The molecule has 216 valence electrons. The zero-order valence-electron chi connectivity index (χ0n) is 23.5. The van der Waals surface area contributed by atoms with Crippen molar-refractivity contribution in [3.8, 4) is 0 Å². The van der Waals surface area contributed by atoms with Crippen LogP contribution in [-0.4, -0.2) is 53.6 Å². The fraction of sp³-hybridized carbons (Fsp3) is 0.643. The molecule has 12 heteroatoms. The number of nitrogens with zero attached hydrogens (tertiary/aromatic N) is 6. The normalized spacial score (nSPS) is 22.4. The first-order chi connectivity index (χ1) is 19.0. The summed E-state index contributed by atoms with van der Waals surface area (Å²) in [5.74, 6) is -2.58. The van der Waals surface area contributed by atoms with Crippen LogP contribution in [0.4, 0.5) is 8.78 Å². The zero-order valence-corrected chi connectivity index (χ0v) is 23.5. The van der Waals surface area contributed by atoms with Gasteiger partial charge in [0.25, 0.3) is 11.7 Å². The fourth-order valence-electron chi connectivity index (χ4n) is 5.97. The Morgan fingerprint density at radius 1 is 1.25 bits per heavy atom. The summed E-state index contributed by atoms with van der Waals surface area (Å²) in [6.07, 6.45) is 4.61. The van der Waals surface area contributed by atoms with Crippen LogP contribution in [0.2, 0.25) is 0 Å². The Labute approximate surface area is 232 Å². The SMILES string of the molecule is CCn1nccc1C(=O)N[C@H](c1cn2nc(C[C@H]3C[C@@H](C)CNC3=O)c(C(C)C)nc2n1)C1CCC(F)(F)CC1. The van der Waals surface area contributed by atoms with Gasteiger partial charge in [-0.2, -0.15) is 10.2 Å². The molecule has 1 aliphatic carbocycles. The smallest absolute Gasteiger partial charge is 0.270 e. The highest BCUT2D eigenvalue weighted by molar-refractivity contribution is 5.92. The number of imidazole rings is 1. The van der Waals surface area contributed by atoms with Crippen LogP contribution < -0.4 is 10.6 Å². The summed E-state index contributed by atoms with van der Waals surface area (Å²) in [4.78, 5) is 35.4. The van der Waals surface area contributed by atoms with E-state index >= 15 is 0 Å². The minimum absolute atomic E-state index is 0.0317. The molecule has 0 unspecified atom stereocenters. The Morgan fingerprint density at radius 2 is 2.00 bits per heavy atom. The van der Waals surface area contributed by atoms with Gasteiger partial charge in [-0.1, -0.05) is 20.8 Å². The van der Waals surface area contributed by atoms with E-state index in [0.29, 0.717) is 42.6 Å². The minimum atomic E-state index is -2.70. The van der Waals surface area contributed by atoms with Crippen molar-refractivity contribution in [2.24, 2.45) is 17.8 Å². The van der Waals surface area contributed by atoms with Gasteiger partial charge in [-0.15, -0.1) is 0 Å². The van der Waals surface area contributed by atoms with Crippen LogP contribution in [0.25, 0.3) is 5.78 Å². The molecule has 1 saturated carbocycles. The van der Waals surface area contributed by atoms with Crippen LogP contribution in [0, 0.1) is 17.8 Å². The third-order valence-electron chi connectivity index (χ3n) is 8.19. The predicted molar refractivity (Wildman–Crippen MR) is 144 cm³/mol. The van der Waals surface area contributed by atoms with E-state index in [2.05, 4.69) is 22.7 Å². The van der Waals surface area contributed by atoms with Gasteiger partial charge >= 0.3 is 0 Å². The third kappa shape index (κ3) is 5.85. The Bertz CT molecular complexity index is 1370.